The number of thiocarbonyl (C=S) groups is 1. The third-order valence-electron chi connectivity index (χ3n) is 3.38. The van der Waals surface area contributed by atoms with Gasteiger partial charge in [-0.25, -0.2) is 4.39 Å². The summed E-state index contributed by atoms with van der Waals surface area (Å²) in [5.74, 6) is -0.868. The van der Waals surface area contributed by atoms with E-state index in [0.717, 1.165) is 16.8 Å². The molecule has 0 spiro atoms. The van der Waals surface area contributed by atoms with Crippen LogP contribution in [0.15, 0.2) is 29.2 Å². The van der Waals surface area contributed by atoms with Crippen LogP contribution in [0.5, 0.6) is 0 Å². The molecule has 0 radical (unpaired) electrons. The molecular formula is C16H13FN4O2S3. The summed E-state index contributed by atoms with van der Waals surface area (Å²) in [5.41, 5.74) is 0.705. The summed E-state index contributed by atoms with van der Waals surface area (Å²) in [7, 11) is 0. The van der Waals surface area contributed by atoms with E-state index in [2.05, 4.69) is 15.5 Å². The minimum absolute atomic E-state index is 0.0922. The molecule has 2 aromatic rings. The summed E-state index contributed by atoms with van der Waals surface area (Å²) in [6.45, 7) is 1.97. The molecule has 2 amide bonds. The zero-order valence-electron chi connectivity index (χ0n) is 13.6. The SMILES string of the molecule is Cc1nnc(NC(=O)CCN2C(=O)C(=Cc3ccc(F)cc3)SC2=S)s1. The van der Waals surface area contributed by atoms with Gasteiger partial charge in [-0.15, -0.1) is 10.2 Å². The second-order valence-electron chi connectivity index (χ2n) is 5.31. The maximum absolute atomic E-state index is 13.0. The summed E-state index contributed by atoms with van der Waals surface area (Å²) >= 11 is 7.67. The molecule has 0 atom stereocenters. The number of hydrogen-bond acceptors (Lipinski definition) is 7. The minimum Gasteiger partial charge on any atom is -0.300 e. The first kappa shape index (κ1) is 18.6. The van der Waals surface area contributed by atoms with E-state index in [0.29, 0.717) is 19.9 Å². The van der Waals surface area contributed by atoms with Crippen LogP contribution in [-0.4, -0.2) is 37.8 Å². The van der Waals surface area contributed by atoms with Crippen LogP contribution >= 0.6 is 35.3 Å². The van der Waals surface area contributed by atoms with Crippen molar-refractivity contribution in [2.45, 2.75) is 13.3 Å². The maximum Gasteiger partial charge on any atom is 0.266 e. The van der Waals surface area contributed by atoms with Crippen LogP contribution in [-0.2, 0) is 9.59 Å². The lowest BCUT2D eigenvalue weighted by atomic mass is 10.2. The van der Waals surface area contributed by atoms with Crippen molar-refractivity contribution in [3.05, 3.63) is 45.6 Å². The van der Waals surface area contributed by atoms with Crippen LogP contribution in [0.1, 0.15) is 17.0 Å². The van der Waals surface area contributed by atoms with E-state index in [1.807, 2.05) is 0 Å². The average molecular weight is 409 g/mol. The van der Waals surface area contributed by atoms with Gasteiger partial charge in [0.1, 0.15) is 15.1 Å². The Bertz CT molecular complexity index is 895. The lowest BCUT2D eigenvalue weighted by molar-refractivity contribution is -0.122. The summed E-state index contributed by atoms with van der Waals surface area (Å²) in [5, 5.41) is 11.5. The van der Waals surface area contributed by atoms with Crippen molar-refractivity contribution in [3.8, 4) is 0 Å². The van der Waals surface area contributed by atoms with Gasteiger partial charge >= 0.3 is 0 Å². The first-order chi connectivity index (χ1) is 12.4. The van der Waals surface area contributed by atoms with E-state index < -0.39 is 0 Å². The van der Waals surface area contributed by atoms with E-state index in [-0.39, 0.29) is 30.6 Å². The quantitative estimate of drug-likeness (QED) is 0.605. The fourth-order valence-corrected chi connectivity index (χ4v) is 4.06. The molecule has 3 rings (SSSR count). The predicted octanol–water partition coefficient (Wildman–Crippen LogP) is 3.22. The number of carbonyl (C=O) groups excluding carboxylic acids is 2. The van der Waals surface area contributed by atoms with Gasteiger partial charge in [0.25, 0.3) is 5.91 Å². The lowest BCUT2D eigenvalue weighted by Gasteiger charge is -2.13. The maximum atomic E-state index is 13.0. The molecule has 6 nitrogen and oxygen atoms in total. The Morgan fingerprint density at radius 1 is 1.35 bits per heavy atom. The third-order valence-corrected chi connectivity index (χ3v) is 5.51. The van der Waals surface area contributed by atoms with Crippen molar-refractivity contribution in [1.29, 1.82) is 0 Å². The Labute approximate surface area is 162 Å². The third kappa shape index (κ3) is 4.51. The predicted molar refractivity (Wildman–Crippen MR) is 104 cm³/mol. The molecule has 1 aromatic heterocycles. The monoisotopic (exact) mass is 408 g/mol. The second kappa shape index (κ2) is 8.02. The number of halogens is 1. The Kier molecular flexibility index (Phi) is 5.74. The van der Waals surface area contributed by atoms with Crippen LogP contribution in [0.2, 0.25) is 0 Å². The zero-order chi connectivity index (χ0) is 18.7. The second-order valence-corrected chi connectivity index (χ2v) is 8.17. The fraction of sp³-hybridized carbons (Fsp3) is 0.188. The molecule has 0 aliphatic carbocycles. The van der Waals surface area contributed by atoms with Gasteiger partial charge in [-0.3, -0.25) is 14.5 Å². The van der Waals surface area contributed by atoms with Gasteiger partial charge in [-0.2, -0.15) is 0 Å². The van der Waals surface area contributed by atoms with Crippen LogP contribution in [0, 0.1) is 12.7 Å². The van der Waals surface area contributed by atoms with Crippen molar-refractivity contribution in [1.82, 2.24) is 15.1 Å². The molecule has 0 bridgehead atoms. The van der Waals surface area contributed by atoms with Crippen LogP contribution in [0.25, 0.3) is 6.08 Å². The van der Waals surface area contributed by atoms with Gasteiger partial charge in [0.15, 0.2) is 0 Å². The number of amides is 2. The highest BCUT2D eigenvalue weighted by atomic mass is 32.2. The Balaban J connectivity index is 1.60. The molecule has 1 saturated heterocycles. The smallest absolute Gasteiger partial charge is 0.266 e. The highest BCUT2D eigenvalue weighted by Crippen LogP contribution is 2.32. The minimum atomic E-state index is -0.341. The number of aromatic nitrogens is 2. The normalized spacial score (nSPS) is 15.8. The molecule has 1 aliphatic rings. The number of anilines is 1. The van der Waals surface area contributed by atoms with E-state index >= 15 is 0 Å². The van der Waals surface area contributed by atoms with Gasteiger partial charge < -0.3 is 5.32 Å². The first-order valence-electron chi connectivity index (χ1n) is 7.53. The summed E-state index contributed by atoms with van der Waals surface area (Å²) in [6, 6.07) is 5.82. The molecule has 1 N–H and O–H groups in total. The van der Waals surface area contributed by atoms with Crippen molar-refractivity contribution < 1.29 is 14.0 Å². The molecule has 1 aromatic carbocycles. The van der Waals surface area contributed by atoms with Crippen molar-refractivity contribution in [3.63, 3.8) is 0 Å². The molecular weight excluding hydrogens is 395 g/mol. The van der Waals surface area contributed by atoms with Crippen LogP contribution in [0.4, 0.5) is 9.52 Å². The fourth-order valence-electron chi connectivity index (χ4n) is 2.15. The van der Waals surface area contributed by atoms with E-state index in [1.165, 1.54) is 28.4 Å². The topological polar surface area (TPSA) is 75.2 Å². The zero-order valence-corrected chi connectivity index (χ0v) is 16.0. The number of thioether (sulfide) groups is 1. The molecule has 134 valence electrons. The van der Waals surface area contributed by atoms with E-state index in [1.54, 1.807) is 25.1 Å². The molecule has 1 aliphatic heterocycles. The molecule has 0 saturated carbocycles. The molecule has 0 unspecified atom stereocenters. The number of carbonyl (C=O) groups is 2. The van der Waals surface area contributed by atoms with Gasteiger partial charge in [0.2, 0.25) is 11.0 Å². The van der Waals surface area contributed by atoms with Gasteiger partial charge in [-0.05, 0) is 30.7 Å². The molecule has 10 heteroatoms. The summed E-state index contributed by atoms with van der Waals surface area (Å²) in [4.78, 5) is 26.3. The summed E-state index contributed by atoms with van der Waals surface area (Å²) < 4.78 is 13.4. The Morgan fingerprint density at radius 2 is 2.08 bits per heavy atom. The first-order valence-corrected chi connectivity index (χ1v) is 9.57. The molecule has 1 fully saturated rings. The van der Waals surface area contributed by atoms with Crippen molar-refractivity contribution >= 4 is 62.7 Å². The van der Waals surface area contributed by atoms with Crippen LogP contribution < -0.4 is 5.32 Å². The van der Waals surface area contributed by atoms with Crippen LogP contribution in [0.3, 0.4) is 0 Å². The highest BCUT2D eigenvalue weighted by Gasteiger charge is 2.32. The summed E-state index contributed by atoms with van der Waals surface area (Å²) in [6.07, 6.45) is 1.75. The standard InChI is InChI=1S/C16H13FN4O2S3/c1-9-19-20-15(25-9)18-13(22)6-7-21-14(23)12(26-16(21)24)8-10-2-4-11(17)5-3-10/h2-5,8H,6-7H2,1H3,(H,18,20,22). The van der Waals surface area contributed by atoms with Gasteiger partial charge in [-0.1, -0.05) is 47.4 Å². The van der Waals surface area contributed by atoms with E-state index in [4.69, 9.17) is 12.2 Å². The lowest BCUT2D eigenvalue weighted by Crippen LogP contribution is -2.31. The number of benzene rings is 1. The number of aryl methyl sites for hydroxylation is 1. The number of rotatable bonds is 5. The van der Waals surface area contributed by atoms with Gasteiger partial charge in [0.05, 0.1) is 4.91 Å². The van der Waals surface area contributed by atoms with Crippen molar-refractivity contribution in [2.75, 3.05) is 11.9 Å². The number of hydrogen-bond donors (Lipinski definition) is 1. The number of nitrogens with one attached hydrogen (secondary N) is 1. The van der Waals surface area contributed by atoms with Crippen molar-refractivity contribution in [2.24, 2.45) is 0 Å². The molecule has 26 heavy (non-hydrogen) atoms. The largest absolute Gasteiger partial charge is 0.300 e. The molecule has 2 heterocycles. The number of nitrogens with zero attached hydrogens (tertiary/aromatic N) is 3. The average Bonchev–Trinajstić information content (AvgIpc) is 3.11. The van der Waals surface area contributed by atoms with Gasteiger partial charge in [0, 0.05) is 13.0 Å². The highest BCUT2D eigenvalue weighted by molar-refractivity contribution is 8.26. The Hall–Kier alpha value is -2.17. The Morgan fingerprint density at radius 3 is 2.73 bits per heavy atom. The van der Waals surface area contributed by atoms with E-state index in [9.17, 15) is 14.0 Å².